The highest BCUT2D eigenvalue weighted by Gasteiger charge is 2.27. The molecule has 3 rings (SSSR count). The van der Waals surface area contributed by atoms with Crippen molar-refractivity contribution in [3.8, 4) is 0 Å². The topological polar surface area (TPSA) is 73.5 Å². The number of piperidine rings is 1. The van der Waals surface area contributed by atoms with Crippen molar-refractivity contribution in [2.24, 2.45) is 7.05 Å². The zero-order chi connectivity index (χ0) is 18.1. The second-order valence-corrected chi connectivity index (χ2v) is 7.01. The first-order chi connectivity index (χ1) is 11.9. The maximum Gasteiger partial charge on any atom is 0.409 e. The first kappa shape index (κ1) is 17.7. The number of fused-ring (bicyclic) bond motifs is 1. The van der Waals surface area contributed by atoms with Gasteiger partial charge < -0.3 is 9.64 Å². The minimum Gasteiger partial charge on any atom is -0.450 e. The summed E-state index contributed by atoms with van der Waals surface area (Å²) in [6.45, 7) is 3.03. The van der Waals surface area contributed by atoms with Gasteiger partial charge in [0, 0.05) is 30.7 Å². The maximum atomic E-state index is 12.9. The summed E-state index contributed by atoms with van der Waals surface area (Å²) in [6, 6.07) is 5.08. The molecule has 1 aliphatic heterocycles. The van der Waals surface area contributed by atoms with Crippen LogP contribution in [-0.4, -0.2) is 39.8 Å². The molecular formula is C17H20BrN3O4. The van der Waals surface area contributed by atoms with Crippen molar-refractivity contribution in [1.82, 2.24) is 14.0 Å². The second-order valence-electron chi connectivity index (χ2n) is 6.10. The van der Waals surface area contributed by atoms with Crippen molar-refractivity contribution >= 4 is 32.9 Å². The standard InChI is InChI=1S/C17H20BrN3O4/c1-3-25-17(24)20-8-6-12(7-9-20)21-15(22)13-10-11(18)4-5-14(13)19(2)16(21)23/h4-5,10,12H,3,6-9H2,1-2H3. The van der Waals surface area contributed by atoms with Crippen molar-refractivity contribution in [3.05, 3.63) is 43.5 Å². The molecule has 0 radical (unpaired) electrons. The van der Waals surface area contributed by atoms with Crippen LogP contribution in [0.15, 0.2) is 32.3 Å². The van der Waals surface area contributed by atoms with E-state index in [1.165, 1.54) is 9.13 Å². The van der Waals surface area contributed by atoms with Crippen LogP contribution in [0.2, 0.25) is 0 Å². The molecule has 25 heavy (non-hydrogen) atoms. The van der Waals surface area contributed by atoms with E-state index in [2.05, 4.69) is 15.9 Å². The first-order valence-corrected chi connectivity index (χ1v) is 9.05. The van der Waals surface area contributed by atoms with Crippen LogP contribution in [-0.2, 0) is 11.8 Å². The van der Waals surface area contributed by atoms with E-state index in [0.717, 1.165) is 4.47 Å². The third-order valence-electron chi connectivity index (χ3n) is 4.62. The number of likely N-dealkylation sites (tertiary alicyclic amines) is 1. The maximum absolute atomic E-state index is 12.9. The van der Waals surface area contributed by atoms with Gasteiger partial charge >= 0.3 is 11.8 Å². The van der Waals surface area contributed by atoms with Gasteiger partial charge in [-0.15, -0.1) is 0 Å². The van der Waals surface area contributed by atoms with E-state index in [1.54, 1.807) is 31.0 Å². The Hall–Kier alpha value is -2.09. The minimum absolute atomic E-state index is 0.222. The highest BCUT2D eigenvalue weighted by atomic mass is 79.9. The van der Waals surface area contributed by atoms with Gasteiger partial charge in [-0.1, -0.05) is 15.9 Å². The lowest BCUT2D eigenvalue weighted by Crippen LogP contribution is -2.46. The van der Waals surface area contributed by atoms with E-state index < -0.39 is 0 Å². The lowest BCUT2D eigenvalue weighted by molar-refractivity contribution is 0.0919. The van der Waals surface area contributed by atoms with Crippen molar-refractivity contribution in [1.29, 1.82) is 0 Å². The number of hydrogen-bond acceptors (Lipinski definition) is 4. The van der Waals surface area contributed by atoms with Gasteiger partial charge in [0.25, 0.3) is 5.56 Å². The van der Waals surface area contributed by atoms with Gasteiger partial charge in [-0.2, -0.15) is 0 Å². The summed E-state index contributed by atoms with van der Waals surface area (Å²) in [4.78, 5) is 39.0. The number of carbonyl (C=O) groups is 1. The fraction of sp³-hybridized carbons (Fsp3) is 0.471. The normalized spacial score (nSPS) is 15.6. The zero-order valence-electron chi connectivity index (χ0n) is 14.2. The number of hydrogen-bond donors (Lipinski definition) is 0. The SMILES string of the molecule is CCOC(=O)N1CCC(n2c(=O)c3cc(Br)ccc3n(C)c2=O)CC1. The molecule has 0 aliphatic carbocycles. The van der Waals surface area contributed by atoms with E-state index >= 15 is 0 Å². The summed E-state index contributed by atoms with van der Waals surface area (Å²) in [7, 11) is 1.67. The number of amides is 1. The van der Waals surface area contributed by atoms with Crippen LogP contribution in [0.5, 0.6) is 0 Å². The molecule has 1 saturated heterocycles. The summed E-state index contributed by atoms with van der Waals surface area (Å²) in [5, 5.41) is 0.504. The highest BCUT2D eigenvalue weighted by molar-refractivity contribution is 9.10. The number of aryl methyl sites for hydroxylation is 1. The molecule has 0 N–H and O–H groups in total. The molecule has 1 fully saturated rings. The van der Waals surface area contributed by atoms with Gasteiger partial charge in [0.15, 0.2) is 0 Å². The molecular weight excluding hydrogens is 390 g/mol. The Labute approximate surface area is 152 Å². The molecule has 8 heteroatoms. The second kappa shape index (κ2) is 7.03. The Bertz CT molecular complexity index is 926. The van der Waals surface area contributed by atoms with E-state index in [9.17, 15) is 14.4 Å². The molecule has 0 spiro atoms. The van der Waals surface area contributed by atoms with Crippen LogP contribution < -0.4 is 11.2 Å². The van der Waals surface area contributed by atoms with Gasteiger partial charge in [0.2, 0.25) is 0 Å². The van der Waals surface area contributed by atoms with Crippen molar-refractivity contribution < 1.29 is 9.53 Å². The molecule has 1 amide bonds. The van der Waals surface area contributed by atoms with Crippen molar-refractivity contribution in [2.45, 2.75) is 25.8 Å². The third-order valence-corrected chi connectivity index (χ3v) is 5.11. The largest absolute Gasteiger partial charge is 0.450 e. The Morgan fingerprint density at radius 1 is 1.28 bits per heavy atom. The van der Waals surface area contributed by atoms with Gasteiger partial charge in [0.05, 0.1) is 17.5 Å². The quantitative estimate of drug-likeness (QED) is 0.762. The van der Waals surface area contributed by atoms with Crippen LogP contribution in [0, 0.1) is 0 Å². The summed E-state index contributed by atoms with van der Waals surface area (Å²) in [5.74, 6) is 0. The average molecular weight is 410 g/mol. The lowest BCUT2D eigenvalue weighted by atomic mass is 10.0. The molecule has 7 nitrogen and oxygen atoms in total. The number of ether oxygens (including phenoxy) is 1. The Morgan fingerprint density at radius 3 is 2.60 bits per heavy atom. The van der Waals surface area contributed by atoms with Crippen LogP contribution in [0.3, 0.4) is 0 Å². The number of benzene rings is 1. The van der Waals surface area contributed by atoms with E-state index in [4.69, 9.17) is 4.74 Å². The summed E-state index contributed by atoms with van der Waals surface area (Å²) in [5.41, 5.74) is 0.00167. The molecule has 134 valence electrons. The fourth-order valence-electron chi connectivity index (χ4n) is 3.30. The molecule has 0 bridgehead atoms. The number of nitrogens with zero attached hydrogens (tertiary/aromatic N) is 3. The van der Waals surface area contributed by atoms with Crippen LogP contribution >= 0.6 is 15.9 Å². The van der Waals surface area contributed by atoms with Gasteiger partial charge in [-0.05, 0) is 38.0 Å². The van der Waals surface area contributed by atoms with Crippen molar-refractivity contribution in [3.63, 3.8) is 0 Å². The number of aromatic nitrogens is 2. The lowest BCUT2D eigenvalue weighted by Gasteiger charge is -2.32. The smallest absolute Gasteiger partial charge is 0.409 e. The van der Waals surface area contributed by atoms with Gasteiger partial charge in [-0.25, -0.2) is 9.59 Å². The van der Waals surface area contributed by atoms with Crippen LogP contribution in [0.4, 0.5) is 4.79 Å². The zero-order valence-corrected chi connectivity index (χ0v) is 15.8. The van der Waals surface area contributed by atoms with Crippen molar-refractivity contribution in [2.75, 3.05) is 19.7 Å². The van der Waals surface area contributed by atoms with Gasteiger partial charge in [-0.3, -0.25) is 13.9 Å². The fourth-order valence-corrected chi connectivity index (χ4v) is 3.66. The number of rotatable bonds is 2. The predicted octanol–water partition coefficient (Wildman–Crippen LogP) is 2.26. The van der Waals surface area contributed by atoms with Gasteiger partial charge in [0.1, 0.15) is 0 Å². The Kier molecular flexibility index (Phi) is 4.99. The monoisotopic (exact) mass is 409 g/mol. The Morgan fingerprint density at radius 2 is 1.96 bits per heavy atom. The molecule has 0 atom stereocenters. The summed E-state index contributed by atoms with van der Waals surface area (Å²) < 4.78 is 8.63. The molecule has 1 aliphatic rings. The minimum atomic E-state index is -0.344. The third kappa shape index (κ3) is 3.22. The molecule has 2 heterocycles. The molecule has 0 saturated carbocycles. The molecule has 0 unspecified atom stereocenters. The summed E-state index contributed by atoms with van der Waals surface area (Å²) in [6.07, 6.45) is 0.754. The van der Waals surface area contributed by atoms with E-state index in [0.29, 0.717) is 43.4 Å². The molecule has 1 aromatic carbocycles. The predicted molar refractivity (Wildman–Crippen MR) is 98.0 cm³/mol. The number of halogens is 1. The van der Waals surface area contributed by atoms with E-state index in [1.807, 2.05) is 6.07 Å². The summed E-state index contributed by atoms with van der Waals surface area (Å²) >= 11 is 3.38. The molecule has 2 aromatic rings. The highest BCUT2D eigenvalue weighted by Crippen LogP contribution is 2.22. The number of carbonyl (C=O) groups excluding carboxylic acids is 1. The van der Waals surface area contributed by atoms with Crippen LogP contribution in [0.1, 0.15) is 25.8 Å². The van der Waals surface area contributed by atoms with Crippen LogP contribution in [0.25, 0.3) is 10.9 Å². The van der Waals surface area contributed by atoms with E-state index in [-0.39, 0.29) is 23.4 Å². The molecule has 1 aromatic heterocycles. The average Bonchev–Trinajstić information content (AvgIpc) is 2.61. The Balaban J connectivity index is 1.96. The first-order valence-electron chi connectivity index (χ1n) is 8.26.